The highest BCUT2D eigenvalue weighted by Crippen LogP contribution is 2.38. The molecule has 0 unspecified atom stereocenters. The fourth-order valence-corrected chi connectivity index (χ4v) is 5.40. The first-order valence-corrected chi connectivity index (χ1v) is 13.4. The quantitative estimate of drug-likeness (QED) is 0.539. The molecule has 2 aliphatic rings. The third-order valence-electron chi connectivity index (χ3n) is 7.69. The highest BCUT2D eigenvalue weighted by molar-refractivity contribution is 6.06. The van der Waals surface area contributed by atoms with Crippen molar-refractivity contribution in [1.82, 2.24) is 15.2 Å². The molecule has 5 rings (SSSR count). The number of nitrogens with one attached hydrogen (secondary N) is 1. The second kappa shape index (κ2) is 11.8. The summed E-state index contributed by atoms with van der Waals surface area (Å²) >= 11 is 0. The number of piperidine rings is 1. The smallest absolute Gasteiger partial charge is 0.255 e. The number of fused-ring (bicyclic) bond motifs is 2. The van der Waals surface area contributed by atoms with E-state index >= 15 is 0 Å². The molecule has 0 atom stereocenters. The summed E-state index contributed by atoms with van der Waals surface area (Å²) in [6.07, 6.45) is 4.62. The molecule has 8 heteroatoms. The van der Waals surface area contributed by atoms with Gasteiger partial charge in [0.25, 0.3) is 11.8 Å². The van der Waals surface area contributed by atoms with Gasteiger partial charge in [-0.1, -0.05) is 36.8 Å². The first-order valence-electron chi connectivity index (χ1n) is 13.4. The van der Waals surface area contributed by atoms with Crippen LogP contribution in [0.25, 0.3) is 10.9 Å². The van der Waals surface area contributed by atoms with Gasteiger partial charge in [-0.3, -0.25) is 9.59 Å². The van der Waals surface area contributed by atoms with Gasteiger partial charge in [-0.2, -0.15) is 0 Å². The molecule has 1 fully saturated rings. The fourth-order valence-electron chi connectivity index (χ4n) is 5.40. The number of ether oxygens (including phenoxy) is 3. The lowest BCUT2D eigenvalue weighted by Gasteiger charge is -2.42. The molecule has 38 heavy (non-hydrogen) atoms. The molecule has 1 N–H and O–H groups in total. The Balaban J connectivity index is 1.34. The maximum atomic E-state index is 13.7. The topological polar surface area (TPSA) is 90.0 Å². The summed E-state index contributed by atoms with van der Waals surface area (Å²) in [6.45, 7) is 3.42. The van der Waals surface area contributed by atoms with Crippen LogP contribution in [-0.2, 0) is 4.74 Å². The zero-order chi connectivity index (χ0) is 26.4. The molecule has 0 bridgehead atoms. The molecular weight excluding hydrogens is 482 g/mol. The van der Waals surface area contributed by atoms with E-state index < -0.39 is 0 Å². The summed E-state index contributed by atoms with van der Waals surface area (Å²) in [6, 6.07) is 16.8. The van der Waals surface area contributed by atoms with Crippen molar-refractivity contribution in [3.63, 3.8) is 0 Å². The molecule has 1 spiro atoms. The number of carbonyl (C=O) groups is 2. The van der Waals surface area contributed by atoms with Crippen molar-refractivity contribution in [3.8, 4) is 11.6 Å². The van der Waals surface area contributed by atoms with Gasteiger partial charge < -0.3 is 24.4 Å². The van der Waals surface area contributed by atoms with Crippen molar-refractivity contribution < 1.29 is 23.8 Å². The zero-order valence-electron chi connectivity index (χ0n) is 21.9. The molecule has 1 saturated heterocycles. The van der Waals surface area contributed by atoms with Crippen molar-refractivity contribution in [3.05, 3.63) is 65.7 Å². The minimum absolute atomic E-state index is 0.00558. The molecule has 8 nitrogen and oxygen atoms in total. The van der Waals surface area contributed by atoms with Gasteiger partial charge in [0.15, 0.2) is 0 Å². The minimum Gasteiger partial charge on any atom is -0.492 e. The second-order valence-corrected chi connectivity index (χ2v) is 10.1. The van der Waals surface area contributed by atoms with E-state index in [1.807, 2.05) is 47.4 Å². The van der Waals surface area contributed by atoms with E-state index in [9.17, 15) is 9.59 Å². The van der Waals surface area contributed by atoms with Gasteiger partial charge in [-0.05, 0) is 43.9 Å². The Morgan fingerprint density at radius 1 is 1.03 bits per heavy atom. The Labute approximate surface area is 223 Å². The molecule has 3 heterocycles. The normalized spacial score (nSPS) is 18.7. The summed E-state index contributed by atoms with van der Waals surface area (Å²) in [4.78, 5) is 32.8. The van der Waals surface area contributed by atoms with Crippen molar-refractivity contribution in [2.45, 2.75) is 32.1 Å². The first kappa shape index (κ1) is 26.0. The van der Waals surface area contributed by atoms with Crippen LogP contribution in [0.2, 0.25) is 0 Å². The number of rotatable bonds is 2. The maximum Gasteiger partial charge on any atom is 0.255 e. The number of carbonyl (C=O) groups excluding carboxylic acids is 2. The molecule has 2 aliphatic heterocycles. The van der Waals surface area contributed by atoms with Gasteiger partial charge in [0.05, 0.1) is 37.0 Å². The standard InChI is InChI=1S/C30H35N3O5/c1-36-27-20-24(22-8-2-4-10-25(22)32-27)29(35)33-16-13-30(14-17-33)12-6-7-18-37-19-15-31-28(34)23-9-3-5-11-26(23)38-21-30/h2-5,8-11,20H,6-7,12-19,21H2,1H3,(H,31,34). The molecule has 0 saturated carbocycles. The Hall–Kier alpha value is -3.65. The third kappa shape index (κ3) is 5.75. The zero-order valence-corrected chi connectivity index (χ0v) is 21.9. The molecule has 2 amide bonds. The molecule has 3 aromatic rings. The van der Waals surface area contributed by atoms with Gasteiger partial charge in [0, 0.05) is 43.1 Å². The van der Waals surface area contributed by atoms with Crippen LogP contribution < -0.4 is 14.8 Å². The molecule has 0 aliphatic carbocycles. The van der Waals surface area contributed by atoms with Crippen LogP contribution >= 0.6 is 0 Å². The summed E-state index contributed by atoms with van der Waals surface area (Å²) in [5.41, 5.74) is 1.81. The lowest BCUT2D eigenvalue weighted by Crippen LogP contribution is -2.45. The Kier molecular flexibility index (Phi) is 8.08. The minimum atomic E-state index is -0.157. The first-order chi connectivity index (χ1) is 18.6. The van der Waals surface area contributed by atoms with Crippen LogP contribution in [0.4, 0.5) is 0 Å². The van der Waals surface area contributed by atoms with Crippen molar-refractivity contribution in [1.29, 1.82) is 0 Å². The molecular formula is C30H35N3O5. The lowest BCUT2D eigenvalue weighted by molar-refractivity contribution is 0.0341. The average Bonchev–Trinajstić information content (AvgIpc) is 2.96. The summed E-state index contributed by atoms with van der Waals surface area (Å²) in [5, 5.41) is 3.75. The van der Waals surface area contributed by atoms with Gasteiger partial charge in [0.2, 0.25) is 5.88 Å². The molecule has 2 aromatic carbocycles. The monoisotopic (exact) mass is 517 g/mol. The van der Waals surface area contributed by atoms with E-state index in [4.69, 9.17) is 14.2 Å². The SMILES string of the molecule is COc1cc(C(=O)N2CCC3(CCCCOCCNC(=O)c4ccccc4OC3)CC2)c2ccccc2n1. The number of hydrogen-bond acceptors (Lipinski definition) is 6. The lowest BCUT2D eigenvalue weighted by atomic mass is 9.75. The predicted molar refractivity (Wildman–Crippen MR) is 145 cm³/mol. The number of pyridine rings is 1. The average molecular weight is 518 g/mol. The van der Waals surface area contributed by atoms with Gasteiger partial charge in [-0.15, -0.1) is 0 Å². The van der Waals surface area contributed by atoms with Crippen LogP contribution in [0.3, 0.4) is 0 Å². The van der Waals surface area contributed by atoms with Crippen molar-refractivity contribution in [2.24, 2.45) is 5.41 Å². The third-order valence-corrected chi connectivity index (χ3v) is 7.69. The predicted octanol–water partition coefficient (Wildman–Crippen LogP) is 4.48. The highest BCUT2D eigenvalue weighted by atomic mass is 16.5. The highest BCUT2D eigenvalue weighted by Gasteiger charge is 2.37. The van der Waals surface area contributed by atoms with Crippen molar-refractivity contribution in [2.75, 3.05) is 46.6 Å². The van der Waals surface area contributed by atoms with Crippen LogP contribution in [0.5, 0.6) is 11.6 Å². The second-order valence-electron chi connectivity index (χ2n) is 10.1. The summed E-state index contributed by atoms with van der Waals surface area (Å²) < 4.78 is 17.4. The van der Waals surface area contributed by atoms with Crippen LogP contribution in [0, 0.1) is 5.41 Å². The summed E-state index contributed by atoms with van der Waals surface area (Å²) in [7, 11) is 1.57. The number of nitrogens with zero attached hydrogens (tertiary/aromatic N) is 2. The van der Waals surface area contributed by atoms with E-state index in [1.54, 1.807) is 19.2 Å². The van der Waals surface area contributed by atoms with E-state index in [0.29, 0.717) is 62.2 Å². The fraction of sp³-hybridized carbons (Fsp3) is 0.433. The molecule has 200 valence electrons. The number of benzene rings is 2. The molecule has 1 aromatic heterocycles. The van der Waals surface area contributed by atoms with E-state index in [1.165, 1.54) is 0 Å². The van der Waals surface area contributed by atoms with E-state index in [2.05, 4.69) is 10.3 Å². The number of hydrogen-bond donors (Lipinski definition) is 1. The maximum absolute atomic E-state index is 13.7. The Morgan fingerprint density at radius 3 is 2.66 bits per heavy atom. The van der Waals surface area contributed by atoms with Crippen LogP contribution in [0.1, 0.15) is 52.8 Å². The van der Waals surface area contributed by atoms with E-state index in [0.717, 1.165) is 43.0 Å². The number of para-hydroxylation sites is 2. The van der Waals surface area contributed by atoms with Gasteiger partial charge >= 0.3 is 0 Å². The van der Waals surface area contributed by atoms with E-state index in [-0.39, 0.29) is 17.2 Å². The number of methoxy groups -OCH3 is 1. The molecule has 0 radical (unpaired) electrons. The number of likely N-dealkylation sites (tertiary alicyclic amines) is 1. The van der Waals surface area contributed by atoms with Crippen molar-refractivity contribution >= 4 is 22.7 Å². The largest absolute Gasteiger partial charge is 0.492 e. The van der Waals surface area contributed by atoms with Crippen LogP contribution in [0.15, 0.2) is 54.6 Å². The van der Waals surface area contributed by atoms with Crippen LogP contribution in [-0.4, -0.2) is 68.3 Å². The number of aromatic nitrogens is 1. The Morgan fingerprint density at radius 2 is 1.82 bits per heavy atom. The van der Waals surface area contributed by atoms with Gasteiger partial charge in [-0.25, -0.2) is 4.98 Å². The summed E-state index contributed by atoms with van der Waals surface area (Å²) in [5.74, 6) is 0.866. The Bertz CT molecular complexity index is 1290. The number of amides is 2. The van der Waals surface area contributed by atoms with Gasteiger partial charge in [0.1, 0.15) is 5.75 Å².